The van der Waals surface area contributed by atoms with E-state index < -0.39 is 0 Å². The number of thioether (sulfide) groups is 1. The SMILES string of the molecule is O=C(/C=C/c1ccccc1)Nc1nnc(SCC(=O)N2CCN(c3ccccc3)CC2)s1. The predicted molar refractivity (Wildman–Crippen MR) is 130 cm³/mol. The highest BCUT2D eigenvalue weighted by Gasteiger charge is 2.21. The Hall–Kier alpha value is -3.17. The molecule has 1 N–H and O–H groups in total. The number of carbonyl (C=O) groups excluding carboxylic acids is 2. The lowest BCUT2D eigenvalue weighted by atomic mass is 10.2. The number of nitrogens with one attached hydrogen (secondary N) is 1. The first-order chi connectivity index (χ1) is 15.7. The number of nitrogens with zero attached hydrogens (tertiary/aromatic N) is 4. The zero-order valence-electron chi connectivity index (χ0n) is 17.4. The molecular weight excluding hydrogens is 442 g/mol. The third kappa shape index (κ3) is 6.18. The van der Waals surface area contributed by atoms with Crippen LogP contribution in [-0.4, -0.2) is 58.8 Å². The fourth-order valence-corrected chi connectivity index (χ4v) is 4.93. The molecule has 0 radical (unpaired) electrons. The monoisotopic (exact) mass is 465 g/mol. The third-order valence-corrected chi connectivity index (χ3v) is 6.89. The van der Waals surface area contributed by atoms with Gasteiger partial charge in [-0.3, -0.25) is 14.9 Å². The molecule has 1 aliphatic heterocycles. The maximum Gasteiger partial charge on any atom is 0.250 e. The van der Waals surface area contributed by atoms with Crippen molar-refractivity contribution in [3.05, 3.63) is 72.3 Å². The van der Waals surface area contributed by atoms with Crippen molar-refractivity contribution in [3.63, 3.8) is 0 Å². The van der Waals surface area contributed by atoms with Crippen LogP contribution in [0.4, 0.5) is 10.8 Å². The standard InChI is InChI=1S/C23H23N5O2S2/c29-20(12-11-18-7-3-1-4-8-18)24-22-25-26-23(32-22)31-17-21(30)28-15-13-27(14-16-28)19-9-5-2-6-10-19/h1-12H,13-17H2,(H,24,25,29)/b12-11+. The number of amides is 2. The van der Waals surface area contributed by atoms with Gasteiger partial charge >= 0.3 is 0 Å². The van der Waals surface area contributed by atoms with Crippen molar-refractivity contribution in [1.82, 2.24) is 15.1 Å². The number of piperazine rings is 1. The van der Waals surface area contributed by atoms with E-state index in [2.05, 4.69) is 32.5 Å². The topological polar surface area (TPSA) is 78.4 Å². The van der Waals surface area contributed by atoms with Gasteiger partial charge in [0.15, 0.2) is 4.34 Å². The smallest absolute Gasteiger partial charge is 0.250 e. The molecule has 0 atom stereocenters. The summed E-state index contributed by atoms with van der Waals surface area (Å²) in [6.07, 6.45) is 3.20. The van der Waals surface area contributed by atoms with Crippen LogP contribution in [0.5, 0.6) is 0 Å². The first-order valence-corrected chi connectivity index (χ1v) is 12.1. The van der Waals surface area contributed by atoms with E-state index in [1.807, 2.05) is 53.4 Å². The van der Waals surface area contributed by atoms with Gasteiger partial charge in [-0.2, -0.15) is 0 Å². The molecule has 2 heterocycles. The van der Waals surface area contributed by atoms with Gasteiger partial charge in [0.05, 0.1) is 5.75 Å². The molecule has 1 fully saturated rings. The van der Waals surface area contributed by atoms with Crippen LogP contribution in [0.15, 0.2) is 71.1 Å². The molecule has 1 aliphatic rings. The number of benzene rings is 2. The lowest BCUT2D eigenvalue weighted by Gasteiger charge is -2.36. The minimum absolute atomic E-state index is 0.0919. The van der Waals surface area contributed by atoms with Crippen molar-refractivity contribution in [2.75, 3.05) is 42.1 Å². The molecule has 9 heteroatoms. The minimum Gasteiger partial charge on any atom is -0.368 e. The van der Waals surface area contributed by atoms with Gasteiger partial charge in [0.25, 0.3) is 0 Å². The Morgan fingerprint density at radius 2 is 1.66 bits per heavy atom. The molecule has 7 nitrogen and oxygen atoms in total. The van der Waals surface area contributed by atoms with Crippen LogP contribution < -0.4 is 10.2 Å². The van der Waals surface area contributed by atoms with Crippen LogP contribution in [0.2, 0.25) is 0 Å². The molecule has 3 aromatic rings. The maximum absolute atomic E-state index is 12.6. The van der Waals surface area contributed by atoms with Gasteiger partial charge in [0, 0.05) is 37.9 Å². The van der Waals surface area contributed by atoms with Gasteiger partial charge in [-0.15, -0.1) is 10.2 Å². The van der Waals surface area contributed by atoms with E-state index in [9.17, 15) is 9.59 Å². The van der Waals surface area contributed by atoms with Crippen molar-refractivity contribution in [3.8, 4) is 0 Å². The summed E-state index contributed by atoms with van der Waals surface area (Å²) in [7, 11) is 0. The average molecular weight is 466 g/mol. The Bertz CT molecular complexity index is 1060. The normalized spacial score (nSPS) is 14.0. The quantitative estimate of drug-likeness (QED) is 0.326. The second-order valence-electron chi connectivity index (χ2n) is 7.10. The summed E-state index contributed by atoms with van der Waals surface area (Å²) < 4.78 is 0.656. The lowest BCUT2D eigenvalue weighted by molar-refractivity contribution is -0.128. The number of anilines is 2. The van der Waals surface area contributed by atoms with Gasteiger partial charge in [-0.1, -0.05) is 71.6 Å². The minimum atomic E-state index is -0.270. The first kappa shape index (κ1) is 22.0. The van der Waals surface area contributed by atoms with Crippen molar-refractivity contribution >= 4 is 51.8 Å². The fraction of sp³-hybridized carbons (Fsp3) is 0.217. The molecule has 0 spiro atoms. The van der Waals surface area contributed by atoms with Crippen LogP contribution in [-0.2, 0) is 9.59 Å². The van der Waals surface area contributed by atoms with Crippen molar-refractivity contribution in [2.45, 2.75) is 4.34 Å². The van der Waals surface area contributed by atoms with Crippen molar-refractivity contribution < 1.29 is 9.59 Å². The first-order valence-electron chi connectivity index (χ1n) is 10.3. The molecule has 32 heavy (non-hydrogen) atoms. The molecule has 2 amide bonds. The Morgan fingerprint density at radius 1 is 0.969 bits per heavy atom. The lowest BCUT2D eigenvalue weighted by Crippen LogP contribution is -2.49. The largest absolute Gasteiger partial charge is 0.368 e. The molecule has 4 rings (SSSR count). The summed E-state index contributed by atoms with van der Waals surface area (Å²) in [4.78, 5) is 28.8. The van der Waals surface area contributed by atoms with Gasteiger partial charge < -0.3 is 9.80 Å². The highest BCUT2D eigenvalue weighted by Crippen LogP contribution is 2.26. The number of rotatable bonds is 7. The van der Waals surface area contributed by atoms with Crippen LogP contribution in [0, 0.1) is 0 Å². The molecule has 0 unspecified atom stereocenters. The van der Waals surface area contributed by atoms with E-state index in [1.165, 1.54) is 34.9 Å². The van der Waals surface area contributed by atoms with Gasteiger partial charge in [-0.05, 0) is 23.8 Å². The van der Waals surface area contributed by atoms with Gasteiger partial charge in [0.2, 0.25) is 16.9 Å². The summed E-state index contributed by atoms with van der Waals surface area (Å²) in [5.41, 5.74) is 2.13. The number of hydrogen-bond donors (Lipinski definition) is 1. The van der Waals surface area contributed by atoms with Crippen LogP contribution in [0.1, 0.15) is 5.56 Å². The third-order valence-electron chi connectivity index (χ3n) is 4.94. The summed E-state index contributed by atoms with van der Waals surface area (Å²) in [6, 6.07) is 19.8. The van der Waals surface area contributed by atoms with Crippen molar-refractivity contribution in [1.29, 1.82) is 0 Å². The summed E-state index contributed by atoms with van der Waals surface area (Å²) in [5, 5.41) is 11.2. The van der Waals surface area contributed by atoms with E-state index in [4.69, 9.17) is 0 Å². The number of para-hydroxylation sites is 1. The predicted octanol–water partition coefficient (Wildman–Crippen LogP) is 3.63. The molecule has 0 aliphatic carbocycles. The number of aromatic nitrogens is 2. The Morgan fingerprint density at radius 3 is 2.38 bits per heavy atom. The van der Waals surface area contributed by atoms with E-state index in [0.29, 0.717) is 28.3 Å². The molecule has 0 saturated carbocycles. The van der Waals surface area contributed by atoms with Crippen molar-refractivity contribution in [2.24, 2.45) is 0 Å². The molecule has 1 saturated heterocycles. The molecular formula is C23H23N5O2S2. The second-order valence-corrected chi connectivity index (χ2v) is 9.30. The number of carbonyl (C=O) groups is 2. The summed E-state index contributed by atoms with van der Waals surface area (Å²) in [6.45, 7) is 3.07. The Balaban J connectivity index is 1.21. The average Bonchev–Trinajstić information content (AvgIpc) is 3.29. The zero-order valence-corrected chi connectivity index (χ0v) is 19.0. The molecule has 164 valence electrons. The Kier molecular flexibility index (Phi) is 7.52. The highest BCUT2D eigenvalue weighted by molar-refractivity contribution is 8.01. The van der Waals surface area contributed by atoms with Gasteiger partial charge in [-0.25, -0.2) is 0 Å². The van der Waals surface area contributed by atoms with Crippen LogP contribution in [0.3, 0.4) is 0 Å². The summed E-state index contributed by atoms with van der Waals surface area (Å²) in [5.74, 6) is 0.130. The maximum atomic E-state index is 12.6. The fourth-order valence-electron chi connectivity index (χ4n) is 3.27. The molecule has 0 bridgehead atoms. The van der Waals surface area contributed by atoms with Crippen LogP contribution in [0.25, 0.3) is 6.08 Å². The van der Waals surface area contributed by atoms with E-state index in [-0.39, 0.29) is 11.8 Å². The van der Waals surface area contributed by atoms with Crippen LogP contribution >= 0.6 is 23.1 Å². The van der Waals surface area contributed by atoms with Gasteiger partial charge in [0.1, 0.15) is 0 Å². The molecule has 1 aromatic heterocycles. The molecule has 2 aromatic carbocycles. The number of hydrogen-bond acceptors (Lipinski definition) is 7. The highest BCUT2D eigenvalue weighted by atomic mass is 32.2. The summed E-state index contributed by atoms with van der Waals surface area (Å²) >= 11 is 2.61. The van der Waals surface area contributed by atoms with E-state index in [1.54, 1.807) is 6.08 Å². The van der Waals surface area contributed by atoms with E-state index >= 15 is 0 Å². The zero-order chi connectivity index (χ0) is 22.2. The second kappa shape index (κ2) is 10.9. The Labute approximate surface area is 195 Å². The van der Waals surface area contributed by atoms with E-state index in [0.717, 1.165) is 18.7 Å².